The molecule has 0 bridgehead atoms. The van der Waals surface area contributed by atoms with Crippen LogP contribution in [0.25, 0.3) is 10.9 Å². The first-order valence-corrected chi connectivity index (χ1v) is 13.3. The summed E-state index contributed by atoms with van der Waals surface area (Å²) in [4.78, 5) is 18.3. The second-order valence-electron chi connectivity index (χ2n) is 9.65. The van der Waals surface area contributed by atoms with Crippen molar-refractivity contribution in [3.8, 4) is 5.75 Å². The molecule has 2 N–H and O–H groups in total. The minimum Gasteiger partial charge on any atom is -0.497 e. The molecule has 7 nitrogen and oxygen atoms in total. The van der Waals surface area contributed by atoms with Crippen molar-refractivity contribution >= 4 is 28.4 Å². The fourth-order valence-corrected chi connectivity index (χ4v) is 4.93. The summed E-state index contributed by atoms with van der Waals surface area (Å²) in [6, 6.07) is 12.6. The van der Waals surface area contributed by atoms with Gasteiger partial charge in [0.05, 0.1) is 24.6 Å². The zero-order valence-corrected chi connectivity index (χ0v) is 22.8. The van der Waals surface area contributed by atoms with Gasteiger partial charge in [-0.3, -0.25) is 9.36 Å². The summed E-state index contributed by atoms with van der Waals surface area (Å²) in [5.41, 5.74) is 9.27. The van der Waals surface area contributed by atoms with Crippen LogP contribution in [-0.4, -0.2) is 27.7 Å². The van der Waals surface area contributed by atoms with E-state index in [0.717, 1.165) is 60.7 Å². The van der Waals surface area contributed by atoms with Gasteiger partial charge in [0.25, 0.3) is 5.91 Å². The molecule has 0 aliphatic rings. The minimum absolute atomic E-state index is 0.137. The molecular weight excluding hydrogens is 488 g/mol. The van der Waals surface area contributed by atoms with Crippen molar-refractivity contribution in [1.29, 1.82) is 0 Å². The maximum Gasteiger partial charge on any atom is 0.262 e. The van der Waals surface area contributed by atoms with E-state index in [1.165, 1.54) is 0 Å². The van der Waals surface area contributed by atoms with Crippen molar-refractivity contribution in [3.63, 3.8) is 0 Å². The molecule has 2 aromatic heterocycles. The predicted octanol–water partition coefficient (Wildman–Crippen LogP) is 6.81. The number of hydrogen-bond donors (Lipinski definition) is 1. The molecule has 0 radical (unpaired) electrons. The molecule has 0 unspecified atom stereocenters. The summed E-state index contributed by atoms with van der Waals surface area (Å²) in [6.45, 7) is 6.24. The molecule has 0 fully saturated rings. The zero-order valence-electron chi connectivity index (χ0n) is 22.0. The number of carbonyl (C=O) groups excluding carboxylic acids is 1. The number of nitrogens with two attached hydrogens (primary N) is 1. The molecule has 8 heteroatoms. The average Bonchev–Trinajstić information content (AvgIpc) is 3.49. The van der Waals surface area contributed by atoms with E-state index >= 15 is 0 Å². The van der Waals surface area contributed by atoms with Crippen LogP contribution in [0.2, 0.25) is 5.02 Å². The molecule has 0 atom stereocenters. The normalized spacial score (nSPS) is 11.8. The molecule has 4 rings (SSSR count). The van der Waals surface area contributed by atoms with Gasteiger partial charge in [-0.05, 0) is 67.8 Å². The summed E-state index contributed by atoms with van der Waals surface area (Å²) >= 11 is 6.04. The monoisotopic (exact) mass is 522 g/mol. The van der Waals surface area contributed by atoms with Gasteiger partial charge in [-0.15, -0.1) is 0 Å². The predicted molar refractivity (Wildman–Crippen MR) is 146 cm³/mol. The summed E-state index contributed by atoms with van der Waals surface area (Å²) < 4.78 is 12.9. The van der Waals surface area contributed by atoms with E-state index in [-0.39, 0.29) is 5.91 Å². The fourth-order valence-electron chi connectivity index (χ4n) is 4.81. The van der Waals surface area contributed by atoms with Gasteiger partial charge in [-0.2, -0.15) is 4.98 Å². The molecule has 0 aliphatic carbocycles. The molecule has 2 heterocycles. The Morgan fingerprint density at radius 3 is 2.41 bits per heavy atom. The fraction of sp³-hybridized carbons (Fsp3) is 0.414. The highest BCUT2D eigenvalue weighted by Crippen LogP contribution is 2.33. The number of benzene rings is 2. The number of rotatable bonds is 11. The van der Waals surface area contributed by atoms with Crippen molar-refractivity contribution in [3.05, 3.63) is 76.0 Å². The third kappa shape index (κ3) is 5.58. The molecule has 0 amide bonds. The highest BCUT2D eigenvalue weighted by atomic mass is 35.5. The number of halogens is 1. The van der Waals surface area contributed by atoms with Gasteiger partial charge in [0.2, 0.25) is 5.89 Å². The van der Waals surface area contributed by atoms with Gasteiger partial charge in [-0.25, -0.2) is 0 Å². The van der Waals surface area contributed by atoms with Crippen molar-refractivity contribution in [2.45, 2.75) is 71.3 Å². The minimum atomic E-state index is -0.607. The van der Waals surface area contributed by atoms with Gasteiger partial charge in [0, 0.05) is 21.7 Å². The van der Waals surface area contributed by atoms with Crippen LogP contribution in [0.5, 0.6) is 5.75 Å². The summed E-state index contributed by atoms with van der Waals surface area (Å²) in [7, 11) is 1.63. The van der Waals surface area contributed by atoms with Crippen LogP contribution in [0.3, 0.4) is 0 Å². The Morgan fingerprint density at radius 1 is 1.11 bits per heavy atom. The number of fused-ring (bicyclic) bond motifs is 1. The van der Waals surface area contributed by atoms with Crippen LogP contribution in [0, 0.1) is 6.92 Å². The first-order valence-electron chi connectivity index (χ1n) is 12.9. The zero-order chi connectivity index (χ0) is 26.6. The number of unbranched alkanes of at least 4 members (excludes halogenated alkanes) is 2. The SMILES string of the molecule is CCCCC(N)(CCCC)c1noc(Cc2c(C)n(C(=O)c3ccc(Cl)cc3)c3ccc(OC)cc23)n1. The molecule has 4 aromatic rings. The lowest BCUT2D eigenvalue weighted by molar-refractivity contribution is 0.0963. The Bertz CT molecular complexity index is 1370. The van der Waals surface area contributed by atoms with Crippen molar-refractivity contribution in [1.82, 2.24) is 14.7 Å². The van der Waals surface area contributed by atoms with Crippen molar-refractivity contribution < 1.29 is 14.1 Å². The van der Waals surface area contributed by atoms with Gasteiger partial charge >= 0.3 is 0 Å². The number of hydrogen-bond acceptors (Lipinski definition) is 6. The highest BCUT2D eigenvalue weighted by Gasteiger charge is 2.32. The van der Waals surface area contributed by atoms with E-state index in [2.05, 4.69) is 19.0 Å². The Hall–Kier alpha value is -3.16. The van der Waals surface area contributed by atoms with Crippen LogP contribution in [0.4, 0.5) is 0 Å². The van der Waals surface area contributed by atoms with Crippen molar-refractivity contribution in [2.24, 2.45) is 5.73 Å². The van der Waals surface area contributed by atoms with E-state index in [9.17, 15) is 4.79 Å². The topological polar surface area (TPSA) is 96.2 Å². The highest BCUT2D eigenvalue weighted by molar-refractivity contribution is 6.30. The van der Waals surface area contributed by atoms with Crippen LogP contribution in [-0.2, 0) is 12.0 Å². The number of aromatic nitrogens is 3. The average molecular weight is 523 g/mol. The molecule has 0 saturated carbocycles. The first kappa shape index (κ1) is 26.9. The maximum absolute atomic E-state index is 13.6. The van der Waals surface area contributed by atoms with Gasteiger partial charge < -0.3 is 15.0 Å². The Balaban J connectivity index is 1.74. The first-order chi connectivity index (χ1) is 17.8. The van der Waals surface area contributed by atoms with E-state index in [1.54, 1.807) is 35.9 Å². The largest absolute Gasteiger partial charge is 0.497 e. The van der Waals surface area contributed by atoms with E-state index < -0.39 is 5.54 Å². The van der Waals surface area contributed by atoms with Gasteiger partial charge in [0.1, 0.15) is 5.75 Å². The second kappa shape index (κ2) is 11.5. The molecule has 37 heavy (non-hydrogen) atoms. The molecule has 2 aromatic carbocycles. The third-order valence-electron chi connectivity index (χ3n) is 7.03. The van der Waals surface area contributed by atoms with Crippen LogP contribution >= 0.6 is 11.6 Å². The quantitative estimate of drug-likeness (QED) is 0.232. The van der Waals surface area contributed by atoms with Crippen LogP contribution < -0.4 is 10.5 Å². The number of ether oxygens (including phenoxy) is 1. The Kier molecular flexibility index (Phi) is 8.35. The smallest absolute Gasteiger partial charge is 0.262 e. The number of carbonyl (C=O) groups is 1. The standard InChI is InChI=1S/C29H35ClN4O3/c1-5-7-15-29(31,16-8-6-2)28-32-26(37-33-28)18-23-19(3)34(25-14-13-22(36-4)17-24(23)25)27(35)20-9-11-21(30)12-10-20/h9-14,17H,5-8,15-16,18,31H2,1-4H3. The van der Waals surface area contributed by atoms with Gasteiger partial charge in [-0.1, -0.05) is 56.3 Å². The lowest BCUT2D eigenvalue weighted by Crippen LogP contribution is -2.38. The second-order valence-corrected chi connectivity index (χ2v) is 10.1. The third-order valence-corrected chi connectivity index (χ3v) is 7.28. The van der Waals surface area contributed by atoms with E-state index in [0.29, 0.717) is 34.5 Å². The Morgan fingerprint density at radius 2 is 1.78 bits per heavy atom. The Labute approximate surface area is 222 Å². The molecule has 0 aliphatic heterocycles. The van der Waals surface area contributed by atoms with E-state index in [4.69, 9.17) is 31.6 Å². The number of methoxy groups -OCH3 is 1. The molecule has 0 saturated heterocycles. The molecule has 0 spiro atoms. The van der Waals surface area contributed by atoms with Crippen LogP contribution in [0.1, 0.15) is 85.7 Å². The van der Waals surface area contributed by atoms with Crippen molar-refractivity contribution in [2.75, 3.05) is 7.11 Å². The maximum atomic E-state index is 13.6. The molecular formula is C29H35ClN4O3. The lowest BCUT2D eigenvalue weighted by atomic mass is 9.87. The van der Waals surface area contributed by atoms with E-state index in [1.807, 2.05) is 25.1 Å². The molecule has 196 valence electrons. The summed E-state index contributed by atoms with van der Waals surface area (Å²) in [5, 5.41) is 5.79. The summed E-state index contributed by atoms with van der Waals surface area (Å²) in [6.07, 6.45) is 6.12. The van der Waals surface area contributed by atoms with Gasteiger partial charge in [0.15, 0.2) is 5.82 Å². The number of nitrogens with zero attached hydrogens (tertiary/aromatic N) is 3. The lowest BCUT2D eigenvalue weighted by Gasteiger charge is -2.25. The summed E-state index contributed by atoms with van der Waals surface area (Å²) in [5.74, 6) is 1.60. The van der Waals surface area contributed by atoms with Crippen LogP contribution in [0.15, 0.2) is 47.0 Å².